The van der Waals surface area contributed by atoms with Crippen LogP contribution in [0.2, 0.25) is 10.0 Å². The summed E-state index contributed by atoms with van der Waals surface area (Å²) >= 11 is 11.9. The quantitative estimate of drug-likeness (QED) is 0.882. The van der Waals surface area contributed by atoms with E-state index in [1.54, 1.807) is 18.2 Å². The van der Waals surface area contributed by atoms with Crippen molar-refractivity contribution in [2.45, 2.75) is 13.0 Å². The zero-order chi connectivity index (χ0) is 16.1. The molecule has 0 aliphatic carbocycles. The molecule has 2 amide bonds. The third-order valence-corrected chi connectivity index (χ3v) is 4.25. The molecule has 0 aromatic heterocycles. The number of amides is 2. The fourth-order valence-corrected chi connectivity index (χ4v) is 2.78. The second-order valence-corrected chi connectivity index (χ2v) is 6.57. The monoisotopic (exact) mass is 344 g/mol. The van der Waals surface area contributed by atoms with Crippen LogP contribution in [-0.4, -0.2) is 61.6 Å². The Morgan fingerprint density at radius 1 is 1.27 bits per heavy atom. The number of hydrogen-bond acceptors (Lipinski definition) is 3. The van der Waals surface area contributed by atoms with Crippen LogP contribution in [0.3, 0.4) is 0 Å². The van der Waals surface area contributed by atoms with Crippen molar-refractivity contribution < 1.29 is 4.79 Å². The van der Waals surface area contributed by atoms with Crippen LogP contribution in [0.15, 0.2) is 18.2 Å². The molecule has 1 unspecified atom stereocenters. The number of rotatable bonds is 4. The number of nitrogens with zero attached hydrogens (tertiary/aromatic N) is 2. The number of carbonyl (C=O) groups is 1. The second-order valence-electron chi connectivity index (χ2n) is 5.73. The molecule has 1 aromatic carbocycles. The average Bonchev–Trinajstić information content (AvgIpc) is 2.45. The van der Waals surface area contributed by atoms with Gasteiger partial charge in [0.15, 0.2) is 0 Å². The summed E-state index contributed by atoms with van der Waals surface area (Å²) in [6, 6.07) is 4.76. The zero-order valence-corrected chi connectivity index (χ0v) is 14.4. The van der Waals surface area contributed by atoms with Gasteiger partial charge >= 0.3 is 6.03 Å². The fraction of sp³-hybridized carbons (Fsp3) is 0.533. The number of hydrogen-bond donors (Lipinski definition) is 2. The topological polar surface area (TPSA) is 47.6 Å². The van der Waals surface area contributed by atoms with Crippen molar-refractivity contribution in [3.05, 3.63) is 28.2 Å². The maximum atomic E-state index is 12.0. The average molecular weight is 345 g/mol. The van der Waals surface area contributed by atoms with Crippen molar-refractivity contribution in [1.29, 1.82) is 0 Å². The minimum absolute atomic E-state index is 0.0568. The van der Waals surface area contributed by atoms with Gasteiger partial charge in [0.1, 0.15) is 0 Å². The van der Waals surface area contributed by atoms with E-state index in [9.17, 15) is 4.79 Å². The standard InChI is InChI=1S/C15H22Cl2N4O/c1-11(10-21-7-5-20(2)6-8-21)18-15(22)19-14-9-12(16)3-4-13(14)17/h3-4,9,11H,5-8,10H2,1-2H3,(H2,18,19,22). The normalized spacial score (nSPS) is 18.0. The van der Waals surface area contributed by atoms with E-state index < -0.39 is 0 Å². The van der Waals surface area contributed by atoms with E-state index in [-0.39, 0.29) is 12.1 Å². The van der Waals surface area contributed by atoms with Gasteiger partial charge in [0, 0.05) is 43.8 Å². The van der Waals surface area contributed by atoms with Crippen LogP contribution >= 0.6 is 23.2 Å². The highest BCUT2D eigenvalue weighted by Gasteiger charge is 2.17. The van der Waals surface area contributed by atoms with Gasteiger partial charge in [-0.05, 0) is 32.2 Å². The van der Waals surface area contributed by atoms with Crippen LogP contribution in [0.4, 0.5) is 10.5 Å². The first-order valence-corrected chi connectivity index (χ1v) is 8.13. The maximum Gasteiger partial charge on any atom is 0.319 e. The lowest BCUT2D eigenvalue weighted by Crippen LogP contribution is -2.50. The Bertz CT molecular complexity index is 518. The smallest absolute Gasteiger partial charge is 0.319 e. The Labute approximate surface area is 141 Å². The Hall–Kier alpha value is -1.01. The van der Waals surface area contributed by atoms with Crippen molar-refractivity contribution in [2.75, 3.05) is 45.1 Å². The van der Waals surface area contributed by atoms with Gasteiger partial charge in [0.2, 0.25) is 0 Å². The summed E-state index contributed by atoms with van der Waals surface area (Å²) in [5.74, 6) is 0. The number of halogens is 2. The minimum atomic E-state index is -0.272. The molecule has 1 aliphatic heterocycles. The fourth-order valence-electron chi connectivity index (χ4n) is 2.44. The highest BCUT2D eigenvalue weighted by Crippen LogP contribution is 2.25. The predicted octanol–water partition coefficient (Wildman–Crippen LogP) is 2.75. The lowest BCUT2D eigenvalue weighted by molar-refractivity contribution is 0.145. The third-order valence-electron chi connectivity index (χ3n) is 3.68. The van der Waals surface area contributed by atoms with E-state index in [4.69, 9.17) is 23.2 Å². The molecule has 0 spiro atoms. The largest absolute Gasteiger partial charge is 0.334 e. The summed E-state index contributed by atoms with van der Waals surface area (Å²) < 4.78 is 0. The molecule has 1 fully saturated rings. The molecule has 22 heavy (non-hydrogen) atoms. The Morgan fingerprint density at radius 2 is 1.95 bits per heavy atom. The summed E-state index contributed by atoms with van der Waals surface area (Å²) in [5, 5.41) is 6.66. The molecule has 1 aliphatic rings. The third kappa shape index (κ3) is 5.32. The zero-order valence-electron chi connectivity index (χ0n) is 12.9. The van der Waals surface area contributed by atoms with Gasteiger partial charge < -0.3 is 15.5 Å². The first kappa shape index (κ1) is 17.3. The van der Waals surface area contributed by atoms with Crippen molar-refractivity contribution in [1.82, 2.24) is 15.1 Å². The highest BCUT2D eigenvalue weighted by atomic mass is 35.5. The van der Waals surface area contributed by atoms with Gasteiger partial charge in [-0.25, -0.2) is 4.79 Å². The van der Waals surface area contributed by atoms with Gasteiger partial charge in [0.05, 0.1) is 10.7 Å². The van der Waals surface area contributed by atoms with E-state index in [1.165, 1.54) is 0 Å². The summed E-state index contributed by atoms with van der Waals surface area (Å²) in [7, 11) is 2.13. The van der Waals surface area contributed by atoms with E-state index in [0.717, 1.165) is 32.7 Å². The van der Waals surface area contributed by atoms with E-state index in [1.807, 2.05) is 6.92 Å². The number of likely N-dealkylation sites (N-methyl/N-ethyl adjacent to an activating group) is 1. The SMILES string of the molecule is CC(CN1CCN(C)CC1)NC(=O)Nc1cc(Cl)ccc1Cl. The molecule has 1 aromatic rings. The molecule has 2 N–H and O–H groups in total. The number of piperazine rings is 1. The van der Waals surface area contributed by atoms with Crippen molar-refractivity contribution in [2.24, 2.45) is 0 Å². The first-order valence-electron chi connectivity index (χ1n) is 7.37. The van der Waals surface area contributed by atoms with Crippen molar-refractivity contribution >= 4 is 34.9 Å². The van der Waals surface area contributed by atoms with Crippen LogP contribution in [0.25, 0.3) is 0 Å². The van der Waals surface area contributed by atoms with E-state index in [0.29, 0.717) is 15.7 Å². The number of nitrogens with one attached hydrogen (secondary N) is 2. The molecule has 0 radical (unpaired) electrons. The number of benzene rings is 1. The van der Waals surface area contributed by atoms with E-state index in [2.05, 4.69) is 27.5 Å². The van der Waals surface area contributed by atoms with Crippen LogP contribution in [0, 0.1) is 0 Å². The van der Waals surface area contributed by atoms with Crippen LogP contribution in [0.5, 0.6) is 0 Å². The molecular weight excluding hydrogens is 323 g/mol. The van der Waals surface area contributed by atoms with Crippen LogP contribution in [0.1, 0.15) is 6.92 Å². The van der Waals surface area contributed by atoms with E-state index >= 15 is 0 Å². The summed E-state index contributed by atoms with van der Waals surface area (Å²) in [5.41, 5.74) is 0.512. The molecule has 2 rings (SSSR count). The van der Waals surface area contributed by atoms with Gasteiger partial charge in [-0.15, -0.1) is 0 Å². The molecule has 7 heteroatoms. The number of carbonyl (C=O) groups excluding carboxylic acids is 1. The number of anilines is 1. The summed E-state index contributed by atoms with van der Waals surface area (Å²) in [4.78, 5) is 16.7. The van der Waals surface area contributed by atoms with Crippen molar-refractivity contribution in [3.63, 3.8) is 0 Å². The Balaban J connectivity index is 1.80. The molecule has 1 atom stereocenters. The predicted molar refractivity (Wildman–Crippen MR) is 92.0 cm³/mol. The molecule has 0 saturated carbocycles. The maximum absolute atomic E-state index is 12.0. The molecule has 122 valence electrons. The van der Waals surface area contributed by atoms with Gasteiger partial charge in [0.25, 0.3) is 0 Å². The molecule has 5 nitrogen and oxygen atoms in total. The molecule has 1 saturated heterocycles. The summed E-state index contributed by atoms with van der Waals surface area (Å²) in [6.07, 6.45) is 0. The number of urea groups is 1. The van der Waals surface area contributed by atoms with Gasteiger partial charge in [-0.3, -0.25) is 4.90 Å². The molecular formula is C15H22Cl2N4O. The lowest BCUT2D eigenvalue weighted by Gasteiger charge is -2.34. The van der Waals surface area contributed by atoms with Crippen LogP contribution in [-0.2, 0) is 0 Å². The first-order chi connectivity index (χ1) is 10.4. The Morgan fingerprint density at radius 3 is 2.64 bits per heavy atom. The van der Waals surface area contributed by atoms with Gasteiger partial charge in [-0.1, -0.05) is 23.2 Å². The Kier molecular flexibility index (Phi) is 6.32. The summed E-state index contributed by atoms with van der Waals surface area (Å²) in [6.45, 7) is 7.03. The van der Waals surface area contributed by atoms with Gasteiger partial charge in [-0.2, -0.15) is 0 Å². The lowest BCUT2D eigenvalue weighted by atomic mass is 10.2. The minimum Gasteiger partial charge on any atom is -0.334 e. The van der Waals surface area contributed by atoms with Crippen LogP contribution < -0.4 is 10.6 Å². The highest BCUT2D eigenvalue weighted by molar-refractivity contribution is 6.35. The molecule has 0 bridgehead atoms. The second kappa shape index (κ2) is 8.02. The molecule has 1 heterocycles. The van der Waals surface area contributed by atoms with Crippen molar-refractivity contribution in [3.8, 4) is 0 Å².